The summed E-state index contributed by atoms with van der Waals surface area (Å²) in [6.45, 7) is 1.41. The van der Waals surface area contributed by atoms with Crippen molar-refractivity contribution in [3.05, 3.63) is 23.6 Å². The standard InChI is InChI=1S/C10H11ClN4O/c11-10-12-9(14-5-3-7(16)6-14)8-2-1-4-15(8)13-10/h1-2,4,7,16H,3,5-6H2/t7-/m1/s1. The zero-order valence-electron chi connectivity index (χ0n) is 8.54. The normalized spacial score (nSPS) is 20.9. The number of fused-ring (bicyclic) bond motifs is 1. The molecule has 3 heterocycles. The van der Waals surface area contributed by atoms with Gasteiger partial charge < -0.3 is 10.0 Å². The lowest BCUT2D eigenvalue weighted by Crippen LogP contribution is -2.23. The van der Waals surface area contributed by atoms with E-state index >= 15 is 0 Å². The van der Waals surface area contributed by atoms with Gasteiger partial charge in [-0.05, 0) is 30.2 Å². The number of aliphatic hydroxyl groups is 1. The second-order valence-corrected chi connectivity index (χ2v) is 4.27. The van der Waals surface area contributed by atoms with Gasteiger partial charge in [-0.25, -0.2) is 4.52 Å². The Morgan fingerprint density at radius 2 is 2.38 bits per heavy atom. The zero-order valence-corrected chi connectivity index (χ0v) is 9.30. The van der Waals surface area contributed by atoms with E-state index in [0.29, 0.717) is 6.54 Å². The molecule has 1 aliphatic heterocycles. The molecule has 2 aromatic rings. The van der Waals surface area contributed by atoms with E-state index in [1.165, 1.54) is 0 Å². The average Bonchev–Trinajstić information content (AvgIpc) is 2.84. The quantitative estimate of drug-likeness (QED) is 0.804. The second kappa shape index (κ2) is 3.61. The lowest BCUT2D eigenvalue weighted by molar-refractivity contribution is 0.198. The number of aromatic nitrogens is 3. The smallest absolute Gasteiger partial charge is 0.243 e. The summed E-state index contributed by atoms with van der Waals surface area (Å²) in [7, 11) is 0. The van der Waals surface area contributed by atoms with Crippen LogP contribution in [0.1, 0.15) is 6.42 Å². The minimum absolute atomic E-state index is 0.222. The third kappa shape index (κ3) is 1.52. The zero-order chi connectivity index (χ0) is 11.1. The van der Waals surface area contributed by atoms with Crippen LogP contribution in [0.15, 0.2) is 18.3 Å². The van der Waals surface area contributed by atoms with Gasteiger partial charge in [-0.2, -0.15) is 4.98 Å². The number of aliphatic hydroxyl groups excluding tert-OH is 1. The highest BCUT2D eigenvalue weighted by molar-refractivity contribution is 6.28. The van der Waals surface area contributed by atoms with Crippen LogP contribution >= 0.6 is 11.6 Å². The fourth-order valence-electron chi connectivity index (χ4n) is 2.06. The molecule has 0 bridgehead atoms. The fourth-order valence-corrected chi connectivity index (χ4v) is 2.22. The Labute approximate surface area is 97.3 Å². The highest BCUT2D eigenvalue weighted by Crippen LogP contribution is 2.24. The molecule has 1 N–H and O–H groups in total. The summed E-state index contributed by atoms with van der Waals surface area (Å²) in [6.07, 6.45) is 2.33. The molecule has 6 heteroatoms. The van der Waals surface area contributed by atoms with Gasteiger partial charge in [0.15, 0.2) is 5.82 Å². The molecule has 1 fully saturated rings. The Balaban J connectivity index is 2.11. The third-order valence-electron chi connectivity index (χ3n) is 2.81. The average molecular weight is 239 g/mol. The highest BCUT2D eigenvalue weighted by atomic mass is 35.5. The van der Waals surface area contributed by atoms with E-state index in [1.807, 2.05) is 23.2 Å². The molecule has 84 valence electrons. The molecule has 0 unspecified atom stereocenters. The summed E-state index contributed by atoms with van der Waals surface area (Å²) >= 11 is 5.86. The van der Waals surface area contributed by atoms with Crippen LogP contribution in [-0.4, -0.2) is 38.9 Å². The monoisotopic (exact) mass is 238 g/mol. The topological polar surface area (TPSA) is 53.7 Å². The predicted octanol–water partition coefficient (Wildman–Crippen LogP) is 0.954. The number of hydrogen-bond donors (Lipinski definition) is 1. The molecule has 1 saturated heterocycles. The second-order valence-electron chi connectivity index (χ2n) is 3.93. The molecule has 2 aromatic heterocycles. The van der Waals surface area contributed by atoms with E-state index in [9.17, 15) is 5.11 Å². The summed E-state index contributed by atoms with van der Waals surface area (Å²) in [5.41, 5.74) is 0.915. The van der Waals surface area contributed by atoms with Crippen molar-refractivity contribution in [1.82, 2.24) is 14.6 Å². The van der Waals surface area contributed by atoms with Crippen molar-refractivity contribution in [2.75, 3.05) is 18.0 Å². The van der Waals surface area contributed by atoms with E-state index in [-0.39, 0.29) is 11.4 Å². The summed E-state index contributed by atoms with van der Waals surface area (Å²) in [5, 5.41) is 13.8. The summed E-state index contributed by atoms with van der Waals surface area (Å²) in [5.74, 6) is 0.793. The van der Waals surface area contributed by atoms with Gasteiger partial charge in [-0.3, -0.25) is 0 Å². The van der Waals surface area contributed by atoms with E-state index < -0.39 is 0 Å². The van der Waals surface area contributed by atoms with Gasteiger partial charge in [0.2, 0.25) is 5.28 Å². The van der Waals surface area contributed by atoms with Crippen LogP contribution in [0.25, 0.3) is 5.52 Å². The number of halogens is 1. The molecule has 1 atom stereocenters. The molecule has 0 aliphatic carbocycles. The van der Waals surface area contributed by atoms with Crippen LogP contribution in [0.3, 0.4) is 0 Å². The molecule has 5 nitrogen and oxygen atoms in total. The number of nitrogens with zero attached hydrogens (tertiary/aromatic N) is 4. The first-order chi connectivity index (χ1) is 7.74. The van der Waals surface area contributed by atoms with E-state index in [2.05, 4.69) is 10.1 Å². The maximum atomic E-state index is 9.53. The number of hydrogen-bond acceptors (Lipinski definition) is 4. The molecule has 0 radical (unpaired) electrons. The van der Waals surface area contributed by atoms with Gasteiger partial charge in [0.25, 0.3) is 0 Å². The fraction of sp³-hybridized carbons (Fsp3) is 0.400. The van der Waals surface area contributed by atoms with Gasteiger partial charge in [-0.15, -0.1) is 5.10 Å². The predicted molar refractivity (Wildman–Crippen MR) is 60.8 cm³/mol. The van der Waals surface area contributed by atoms with Crippen molar-refractivity contribution in [3.63, 3.8) is 0 Å². The summed E-state index contributed by atoms with van der Waals surface area (Å²) in [6, 6.07) is 3.84. The molecule has 3 rings (SSSR count). The largest absolute Gasteiger partial charge is 0.391 e. The van der Waals surface area contributed by atoms with Gasteiger partial charge in [-0.1, -0.05) is 0 Å². The molecule has 0 aromatic carbocycles. The van der Waals surface area contributed by atoms with Crippen LogP contribution in [0.2, 0.25) is 5.28 Å². The minimum Gasteiger partial charge on any atom is -0.391 e. The molecule has 1 aliphatic rings. The number of rotatable bonds is 1. The lowest BCUT2D eigenvalue weighted by Gasteiger charge is -2.17. The first kappa shape index (κ1) is 9.86. The van der Waals surface area contributed by atoms with Gasteiger partial charge in [0.05, 0.1) is 6.10 Å². The van der Waals surface area contributed by atoms with E-state index in [4.69, 9.17) is 11.6 Å². The highest BCUT2D eigenvalue weighted by Gasteiger charge is 2.23. The Morgan fingerprint density at radius 1 is 1.50 bits per heavy atom. The molecular formula is C10H11ClN4O. The van der Waals surface area contributed by atoms with Crippen molar-refractivity contribution in [2.24, 2.45) is 0 Å². The van der Waals surface area contributed by atoms with E-state index in [1.54, 1.807) is 4.52 Å². The van der Waals surface area contributed by atoms with Crippen LogP contribution in [0.4, 0.5) is 5.82 Å². The van der Waals surface area contributed by atoms with Crippen molar-refractivity contribution in [3.8, 4) is 0 Å². The number of β-amino-alcohol motifs (C(OH)–C–C–N with tert-alkyl or cyclic N) is 1. The van der Waals surface area contributed by atoms with Crippen LogP contribution in [-0.2, 0) is 0 Å². The van der Waals surface area contributed by atoms with Crippen molar-refractivity contribution in [1.29, 1.82) is 0 Å². The Hall–Kier alpha value is -1.33. The lowest BCUT2D eigenvalue weighted by atomic mass is 10.3. The summed E-state index contributed by atoms with van der Waals surface area (Å²) < 4.78 is 1.70. The first-order valence-electron chi connectivity index (χ1n) is 5.18. The SMILES string of the molecule is O[C@@H]1CCN(c2nc(Cl)nn3cccc23)C1. The van der Waals surface area contributed by atoms with Gasteiger partial charge in [0.1, 0.15) is 5.52 Å². The third-order valence-corrected chi connectivity index (χ3v) is 2.97. The van der Waals surface area contributed by atoms with E-state index in [0.717, 1.165) is 24.3 Å². The van der Waals surface area contributed by atoms with Crippen LogP contribution < -0.4 is 4.90 Å². The molecule has 0 spiro atoms. The van der Waals surface area contributed by atoms with Crippen LogP contribution in [0.5, 0.6) is 0 Å². The van der Waals surface area contributed by atoms with Crippen LogP contribution in [0, 0.1) is 0 Å². The minimum atomic E-state index is -0.274. The van der Waals surface area contributed by atoms with Gasteiger partial charge >= 0.3 is 0 Å². The van der Waals surface area contributed by atoms with Crippen molar-refractivity contribution < 1.29 is 5.11 Å². The summed E-state index contributed by atoms with van der Waals surface area (Å²) in [4.78, 5) is 6.27. The number of anilines is 1. The molecule has 0 amide bonds. The van der Waals surface area contributed by atoms with Crippen molar-refractivity contribution >= 4 is 22.9 Å². The Bertz CT molecular complexity index is 527. The maximum absolute atomic E-state index is 9.53. The Kier molecular flexibility index (Phi) is 2.22. The van der Waals surface area contributed by atoms with Crippen molar-refractivity contribution in [2.45, 2.75) is 12.5 Å². The maximum Gasteiger partial charge on any atom is 0.243 e. The molecular weight excluding hydrogens is 228 g/mol. The Morgan fingerprint density at radius 3 is 3.12 bits per heavy atom. The molecule has 16 heavy (non-hydrogen) atoms. The van der Waals surface area contributed by atoms with Gasteiger partial charge in [0, 0.05) is 19.3 Å². The molecule has 0 saturated carbocycles. The first-order valence-corrected chi connectivity index (χ1v) is 5.56.